The molecule has 1 heterocycles. The van der Waals surface area contributed by atoms with E-state index in [9.17, 15) is 0 Å². The molecule has 0 saturated heterocycles. The van der Waals surface area contributed by atoms with Crippen LogP contribution in [0, 0.1) is 24.2 Å². The Morgan fingerprint density at radius 3 is 2.87 bits per heavy atom. The average molecular weight is 240 g/mol. The second-order valence-electron chi connectivity index (χ2n) is 3.80. The van der Waals surface area contributed by atoms with E-state index >= 15 is 0 Å². The minimum absolute atomic E-state index is 0.379. The smallest absolute Gasteiger partial charge is 0.174 e. The van der Waals surface area contributed by atoms with Gasteiger partial charge in [-0.05, 0) is 25.7 Å². The first kappa shape index (κ1) is 10.9. The lowest BCUT2D eigenvalue weighted by molar-refractivity contribution is 0.532. The van der Waals surface area contributed by atoms with E-state index in [1.165, 1.54) is 11.8 Å². The molecule has 1 aliphatic carbocycles. The summed E-state index contributed by atoms with van der Waals surface area (Å²) in [6, 6.07) is 2.23. The van der Waals surface area contributed by atoms with Gasteiger partial charge in [0.25, 0.3) is 0 Å². The van der Waals surface area contributed by atoms with E-state index < -0.39 is 5.54 Å². The molecule has 2 N–H and O–H groups in total. The molecule has 1 unspecified atom stereocenters. The van der Waals surface area contributed by atoms with Gasteiger partial charge in [0.05, 0.1) is 6.07 Å². The Kier molecular flexibility index (Phi) is 2.96. The van der Waals surface area contributed by atoms with Gasteiger partial charge in [0.1, 0.15) is 10.5 Å². The van der Waals surface area contributed by atoms with Crippen LogP contribution in [0.25, 0.3) is 0 Å². The molecule has 1 aromatic heterocycles. The van der Waals surface area contributed by atoms with Crippen LogP contribution in [0.1, 0.15) is 17.8 Å². The van der Waals surface area contributed by atoms with Crippen molar-refractivity contribution in [3.63, 3.8) is 0 Å². The molecule has 0 radical (unpaired) electrons. The van der Waals surface area contributed by atoms with E-state index in [0.717, 1.165) is 22.2 Å². The molecule has 0 spiro atoms. The molecule has 1 saturated carbocycles. The summed E-state index contributed by atoms with van der Waals surface area (Å²) in [5, 5.41) is 17.9. The second kappa shape index (κ2) is 4.08. The third-order valence-electron chi connectivity index (χ3n) is 2.46. The van der Waals surface area contributed by atoms with Gasteiger partial charge < -0.3 is 5.73 Å². The Balaban J connectivity index is 1.94. The SMILES string of the molecule is Cc1nnc(SCC(N)(C#N)C2CC2)s1. The third-order valence-corrected chi connectivity index (χ3v) is 4.64. The molecule has 0 bridgehead atoms. The van der Waals surface area contributed by atoms with E-state index in [0.29, 0.717) is 11.7 Å². The highest BCUT2D eigenvalue weighted by atomic mass is 32.2. The largest absolute Gasteiger partial charge is 0.312 e. The lowest BCUT2D eigenvalue weighted by Gasteiger charge is -2.19. The Labute approximate surface area is 96.9 Å². The summed E-state index contributed by atoms with van der Waals surface area (Å²) in [6.45, 7) is 1.92. The summed E-state index contributed by atoms with van der Waals surface area (Å²) < 4.78 is 0.901. The van der Waals surface area contributed by atoms with Crippen LogP contribution >= 0.6 is 23.1 Å². The van der Waals surface area contributed by atoms with E-state index in [-0.39, 0.29) is 0 Å². The fourth-order valence-electron chi connectivity index (χ4n) is 1.36. The van der Waals surface area contributed by atoms with Crippen LogP contribution in [0.4, 0.5) is 0 Å². The number of hydrogen-bond acceptors (Lipinski definition) is 6. The molecule has 6 heteroatoms. The maximum Gasteiger partial charge on any atom is 0.174 e. The fourth-order valence-corrected chi connectivity index (χ4v) is 3.31. The lowest BCUT2D eigenvalue weighted by Crippen LogP contribution is -2.43. The van der Waals surface area contributed by atoms with Crippen LogP contribution in [-0.4, -0.2) is 21.5 Å². The monoisotopic (exact) mass is 240 g/mol. The summed E-state index contributed by atoms with van der Waals surface area (Å²) in [4.78, 5) is 0. The van der Waals surface area contributed by atoms with Crippen molar-refractivity contribution in [3.8, 4) is 6.07 Å². The van der Waals surface area contributed by atoms with Crippen molar-refractivity contribution in [2.45, 2.75) is 29.6 Å². The number of nitrogens with zero attached hydrogens (tertiary/aromatic N) is 3. The van der Waals surface area contributed by atoms with Crippen molar-refractivity contribution >= 4 is 23.1 Å². The maximum atomic E-state index is 9.06. The predicted molar refractivity (Wildman–Crippen MR) is 60.6 cm³/mol. The molecular formula is C9H12N4S2. The minimum Gasteiger partial charge on any atom is -0.312 e. The highest BCUT2D eigenvalue weighted by Crippen LogP contribution is 2.40. The normalized spacial score (nSPS) is 19.5. The van der Waals surface area contributed by atoms with Crippen LogP contribution in [0.3, 0.4) is 0 Å². The van der Waals surface area contributed by atoms with Crippen molar-refractivity contribution in [3.05, 3.63) is 5.01 Å². The molecule has 1 aromatic rings. The Bertz CT molecular complexity index is 393. The highest BCUT2D eigenvalue weighted by Gasteiger charge is 2.42. The second-order valence-corrected chi connectivity index (χ2v) is 6.21. The lowest BCUT2D eigenvalue weighted by atomic mass is 10.00. The molecule has 1 atom stereocenters. The summed E-state index contributed by atoms with van der Waals surface area (Å²) in [5.74, 6) is 0.993. The van der Waals surface area contributed by atoms with E-state index in [4.69, 9.17) is 11.0 Å². The van der Waals surface area contributed by atoms with Gasteiger partial charge in [-0.1, -0.05) is 23.1 Å². The molecule has 1 aliphatic rings. The highest BCUT2D eigenvalue weighted by molar-refractivity contribution is 8.01. The van der Waals surface area contributed by atoms with Crippen LogP contribution in [0.15, 0.2) is 4.34 Å². The van der Waals surface area contributed by atoms with Crippen molar-refractivity contribution in [1.29, 1.82) is 5.26 Å². The number of rotatable bonds is 4. The van der Waals surface area contributed by atoms with Crippen molar-refractivity contribution in [2.24, 2.45) is 11.7 Å². The first-order valence-corrected chi connectivity index (χ1v) is 6.57. The number of aryl methyl sites for hydroxylation is 1. The quantitative estimate of drug-likeness (QED) is 0.808. The Hall–Kier alpha value is -0.640. The molecule has 1 fully saturated rings. The van der Waals surface area contributed by atoms with Crippen LogP contribution in [-0.2, 0) is 0 Å². The zero-order valence-electron chi connectivity index (χ0n) is 8.43. The molecule has 2 rings (SSSR count). The van der Waals surface area contributed by atoms with Gasteiger partial charge in [0, 0.05) is 5.75 Å². The third kappa shape index (κ3) is 2.48. The summed E-state index contributed by atoms with van der Waals surface area (Å²) in [6.07, 6.45) is 2.17. The van der Waals surface area contributed by atoms with Crippen LogP contribution in [0.5, 0.6) is 0 Å². The van der Waals surface area contributed by atoms with Crippen molar-refractivity contribution < 1.29 is 0 Å². The van der Waals surface area contributed by atoms with E-state index in [1.807, 2.05) is 6.92 Å². The standard InChI is InChI=1S/C9H12N4S2/c1-6-12-13-8(15-6)14-5-9(11,4-10)7-2-3-7/h7H,2-3,5,11H2,1H3. The van der Waals surface area contributed by atoms with Gasteiger partial charge in [-0.25, -0.2) is 0 Å². The summed E-state index contributed by atoms with van der Waals surface area (Å²) in [7, 11) is 0. The number of nitrogens with two attached hydrogens (primary N) is 1. The average Bonchev–Trinajstić information content (AvgIpc) is 3.00. The molecule has 0 amide bonds. The number of hydrogen-bond donors (Lipinski definition) is 1. The maximum absolute atomic E-state index is 9.06. The van der Waals surface area contributed by atoms with Crippen molar-refractivity contribution in [1.82, 2.24) is 10.2 Å². The van der Waals surface area contributed by atoms with Crippen molar-refractivity contribution in [2.75, 3.05) is 5.75 Å². The predicted octanol–water partition coefficient (Wildman–Crippen LogP) is 1.57. The van der Waals surface area contributed by atoms with E-state index in [1.54, 1.807) is 11.3 Å². The Morgan fingerprint density at radius 2 is 2.40 bits per heavy atom. The molecule has 15 heavy (non-hydrogen) atoms. The minimum atomic E-state index is -0.676. The first-order chi connectivity index (χ1) is 7.14. The van der Waals surface area contributed by atoms with Gasteiger partial charge in [-0.2, -0.15) is 5.26 Å². The summed E-state index contributed by atoms with van der Waals surface area (Å²) >= 11 is 3.09. The molecular weight excluding hydrogens is 228 g/mol. The van der Waals surface area contributed by atoms with Gasteiger partial charge in [-0.3, -0.25) is 0 Å². The summed E-state index contributed by atoms with van der Waals surface area (Å²) in [5.41, 5.74) is 5.36. The topological polar surface area (TPSA) is 75.6 Å². The zero-order chi connectivity index (χ0) is 10.9. The van der Waals surface area contributed by atoms with Crippen LogP contribution in [0.2, 0.25) is 0 Å². The van der Waals surface area contributed by atoms with Crippen LogP contribution < -0.4 is 5.73 Å². The first-order valence-electron chi connectivity index (χ1n) is 4.77. The molecule has 0 aromatic carbocycles. The number of nitriles is 1. The van der Waals surface area contributed by atoms with Gasteiger partial charge in [0.2, 0.25) is 0 Å². The van der Waals surface area contributed by atoms with Gasteiger partial charge in [-0.15, -0.1) is 10.2 Å². The zero-order valence-corrected chi connectivity index (χ0v) is 10.1. The molecule has 4 nitrogen and oxygen atoms in total. The number of thioether (sulfide) groups is 1. The molecule has 0 aliphatic heterocycles. The number of aromatic nitrogens is 2. The Morgan fingerprint density at radius 1 is 1.67 bits per heavy atom. The van der Waals surface area contributed by atoms with Gasteiger partial charge >= 0.3 is 0 Å². The fraction of sp³-hybridized carbons (Fsp3) is 0.667. The van der Waals surface area contributed by atoms with E-state index in [2.05, 4.69) is 16.3 Å². The van der Waals surface area contributed by atoms with Gasteiger partial charge in [0.15, 0.2) is 4.34 Å². The molecule has 80 valence electrons.